The second-order valence-electron chi connectivity index (χ2n) is 2.91. The molecular formula is C11H15NO3. The smallest absolute Gasteiger partial charge is 0.213 e. The number of nitrogens with one attached hydrogen (secondary N) is 1. The molecule has 0 atom stereocenters. The molecule has 4 heteroatoms. The third-order valence-corrected chi connectivity index (χ3v) is 1.93. The Balaban J connectivity index is 2.43. The van der Waals surface area contributed by atoms with Crippen LogP contribution in [0.15, 0.2) is 30.3 Å². The van der Waals surface area contributed by atoms with E-state index in [2.05, 4.69) is 0 Å². The zero-order chi connectivity index (χ0) is 11.1. The van der Waals surface area contributed by atoms with E-state index in [1.807, 2.05) is 30.3 Å². The maximum Gasteiger partial charge on any atom is 0.213 e. The Morgan fingerprint density at radius 2 is 1.80 bits per heavy atom. The number of hydrogen-bond acceptors (Lipinski definition) is 4. The summed E-state index contributed by atoms with van der Waals surface area (Å²) in [6.07, 6.45) is -0.436. The molecule has 0 unspecified atom stereocenters. The molecule has 1 rings (SSSR count). The van der Waals surface area contributed by atoms with E-state index in [0.717, 1.165) is 5.56 Å². The van der Waals surface area contributed by atoms with E-state index in [1.54, 1.807) is 0 Å². The van der Waals surface area contributed by atoms with Crippen molar-refractivity contribution in [2.24, 2.45) is 0 Å². The largest absolute Gasteiger partial charge is 0.472 e. The van der Waals surface area contributed by atoms with Gasteiger partial charge < -0.3 is 14.2 Å². The minimum absolute atomic E-state index is 0.120. The van der Waals surface area contributed by atoms with Gasteiger partial charge in [-0.3, -0.25) is 5.41 Å². The van der Waals surface area contributed by atoms with Gasteiger partial charge in [0.2, 0.25) is 5.90 Å². The molecule has 0 aliphatic heterocycles. The van der Waals surface area contributed by atoms with Gasteiger partial charge in [0.1, 0.15) is 6.61 Å². The predicted octanol–water partition coefficient (Wildman–Crippen LogP) is 1.65. The van der Waals surface area contributed by atoms with Crippen LogP contribution in [0.2, 0.25) is 0 Å². The molecule has 4 nitrogen and oxygen atoms in total. The number of hydrogen-bond donors (Lipinski definition) is 1. The molecule has 0 radical (unpaired) electrons. The topological polar surface area (TPSA) is 51.5 Å². The fourth-order valence-electron chi connectivity index (χ4n) is 1.06. The lowest BCUT2D eigenvalue weighted by Crippen LogP contribution is -2.22. The summed E-state index contributed by atoms with van der Waals surface area (Å²) >= 11 is 0. The third kappa shape index (κ3) is 3.69. The van der Waals surface area contributed by atoms with Crippen LogP contribution in [0.5, 0.6) is 0 Å². The van der Waals surface area contributed by atoms with Crippen LogP contribution < -0.4 is 0 Å². The zero-order valence-corrected chi connectivity index (χ0v) is 8.90. The first-order valence-electron chi connectivity index (χ1n) is 4.60. The van der Waals surface area contributed by atoms with Crippen LogP contribution in [0.4, 0.5) is 0 Å². The average Bonchev–Trinajstić information content (AvgIpc) is 2.31. The standard InChI is InChI=1S/C11H15NO3/c1-13-10(14-2)8-15-11(12)9-6-4-3-5-7-9/h3-7,10,12H,8H2,1-2H3. The predicted molar refractivity (Wildman–Crippen MR) is 57.0 cm³/mol. The Bertz CT molecular complexity index is 296. The maximum absolute atomic E-state index is 7.64. The van der Waals surface area contributed by atoms with Crippen LogP contribution in [0.3, 0.4) is 0 Å². The minimum atomic E-state index is -0.436. The molecule has 15 heavy (non-hydrogen) atoms. The molecule has 0 spiro atoms. The Labute approximate surface area is 89.3 Å². The summed E-state index contributed by atoms with van der Waals surface area (Å²) in [5.41, 5.74) is 0.739. The van der Waals surface area contributed by atoms with Crippen molar-refractivity contribution in [2.45, 2.75) is 6.29 Å². The molecule has 0 aliphatic carbocycles. The minimum Gasteiger partial charge on any atom is -0.472 e. The van der Waals surface area contributed by atoms with E-state index in [-0.39, 0.29) is 12.5 Å². The van der Waals surface area contributed by atoms with Crippen LogP contribution in [0, 0.1) is 5.41 Å². The summed E-state index contributed by atoms with van der Waals surface area (Å²) in [6.45, 7) is 0.209. The van der Waals surface area contributed by atoms with Crippen LogP contribution in [-0.4, -0.2) is 33.0 Å². The first-order chi connectivity index (χ1) is 7.27. The first kappa shape index (κ1) is 11.7. The van der Waals surface area contributed by atoms with Gasteiger partial charge in [-0.2, -0.15) is 0 Å². The van der Waals surface area contributed by atoms with Gasteiger partial charge in [-0.1, -0.05) is 18.2 Å². The third-order valence-electron chi connectivity index (χ3n) is 1.93. The number of rotatable bonds is 5. The Hall–Kier alpha value is -1.39. The van der Waals surface area contributed by atoms with Gasteiger partial charge in [0.05, 0.1) is 0 Å². The Kier molecular flexibility index (Phi) is 4.80. The number of benzene rings is 1. The Morgan fingerprint density at radius 3 is 2.33 bits per heavy atom. The van der Waals surface area contributed by atoms with E-state index in [1.165, 1.54) is 14.2 Å². The van der Waals surface area contributed by atoms with Crippen molar-refractivity contribution in [1.29, 1.82) is 5.41 Å². The number of methoxy groups -OCH3 is 2. The van der Waals surface area contributed by atoms with E-state index in [4.69, 9.17) is 19.6 Å². The highest BCUT2D eigenvalue weighted by Gasteiger charge is 2.08. The van der Waals surface area contributed by atoms with Crippen molar-refractivity contribution in [3.05, 3.63) is 35.9 Å². The second kappa shape index (κ2) is 6.16. The first-order valence-corrected chi connectivity index (χ1v) is 4.60. The monoisotopic (exact) mass is 209 g/mol. The maximum atomic E-state index is 7.64. The summed E-state index contributed by atoms with van der Waals surface area (Å²) in [4.78, 5) is 0. The zero-order valence-electron chi connectivity index (χ0n) is 8.90. The van der Waals surface area contributed by atoms with Crippen LogP contribution >= 0.6 is 0 Å². The molecule has 1 N–H and O–H groups in total. The molecule has 1 aromatic carbocycles. The lowest BCUT2D eigenvalue weighted by Gasteiger charge is -2.14. The fourth-order valence-corrected chi connectivity index (χ4v) is 1.06. The molecule has 1 aromatic rings. The molecule has 0 amide bonds. The molecule has 82 valence electrons. The molecule has 0 saturated heterocycles. The van der Waals surface area contributed by atoms with Gasteiger partial charge in [-0.05, 0) is 12.1 Å². The lowest BCUT2D eigenvalue weighted by molar-refractivity contribution is -0.124. The highest BCUT2D eigenvalue weighted by molar-refractivity contribution is 5.91. The molecule has 0 aromatic heterocycles. The summed E-state index contributed by atoms with van der Waals surface area (Å²) in [5, 5.41) is 7.64. The van der Waals surface area contributed by atoms with Gasteiger partial charge >= 0.3 is 0 Å². The highest BCUT2D eigenvalue weighted by Crippen LogP contribution is 2.02. The summed E-state index contributed by atoms with van der Waals surface area (Å²) in [5.74, 6) is 0.120. The summed E-state index contributed by atoms with van der Waals surface area (Å²) < 4.78 is 15.1. The molecule has 0 heterocycles. The van der Waals surface area contributed by atoms with Crippen LogP contribution in [0.1, 0.15) is 5.56 Å². The molecule has 0 aliphatic rings. The normalized spacial score (nSPS) is 10.3. The second-order valence-corrected chi connectivity index (χ2v) is 2.91. The summed E-state index contributed by atoms with van der Waals surface area (Å²) in [7, 11) is 3.06. The van der Waals surface area contributed by atoms with E-state index in [9.17, 15) is 0 Å². The van der Waals surface area contributed by atoms with Crippen molar-refractivity contribution >= 4 is 5.90 Å². The fraction of sp³-hybridized carbons (Fsp3) is 0.364. The van der Waals surface area contributed by atoms with E-state index >= 15 is 0 Å². The Morgan fingerprint density at radius 1 is 1.20 bits per heavy atom. The van der Waals surface area contributed by atoms with Crippen molar-refractivity contribution in [3.8, 4) is 0 Å². The highest BCUT2D eigenvalue weighted by atomic mass is 16.7. The summed E-state index contributed by atoms with van der Waals surface area (Å²) in [6, 6.07) is 9.24. The molecule has 0 fully saturated rings. The van der Waals surface area contributed by atoms with E-state index < -0.39 is 6.29 Å². The van der Waals surface area contributed by atoms with Crippen molar-refractivity contribution < 1.29 is 14.2 Å². The van der Waals surface area contributed by atoms with Crippen LogP contribution in [0.25, 0.3) is 0 Å². The van der Waals surface area contributed by atoms with Crippen LogP contribution in [-0.2, 0) is 14.2 Å². The van der Waals surface area contributed by atoms with Gasteiger partial charge in [-0.25, -0.2) is 0 Å². The van der Waals surface area contributed by atoms with Crippen molar-refractivity contribution in [1.82, 2.24) is 0 Å². The SMILES string of the molecule is COC(COC(=N)c1ccccc1)OC. The van der Waals surface area contributed by atoms with Gasteiger partial charge in [-0.15, -0.1) is 0 Å². The van der Waals surface area contributed by atoms with Gasteiger partial charge in [0.15, 0.2) is 6.29 Å². The van der Waals surface area contributed by atoms with Gasteiger partial charge in [0, 0.05) is 19.8 Å². The average molecular weight is 209 g/mol. The van der Waals surface area contributed by atoms with Crippen molar-refractivity contribution in [3.63, 3.8) is 0 Å². The van der Waals surface area contributed by atoms with E-state index in [0.29, 0.717) is 0 Å². The quantitative estimate of drug-likeness (QED) is 0.455. The van der Waals surface area contributed by atoms with Gasteiger partial charge in [0.25, 0.3) is 0 Å². The molecule has 0 bridgehead atoms. The molecular weight excluding hydrogens is 194 g/mol. The lowest BCUT2D eigenvalue weighted by atomic mass is 10.2. The van der Waals surface area contributed by atoms with Crippen molar-refractivity contribution in [2.75, 3.05) is 20.8 Å². The number of ether oxygens (including phenoxy) is 3. The molecule has 0 saturated carbocycles.